The summed E-state index contributed by atoms with van der Waals surface area (Å²) in [6.45, 7) is 12.8. The molecule has 6 fully saturated rings. The first kappa shape index (κ1) is 35.1. The summed E-state index contributed by atoms with van der Waals surface area (Å²) in [4.78, 5) is 62.2. The molecule has 10 heteroatoms. The molecular weight excluding hydrogens is 602 g/mol. The van der Waals surface area contributed by atoms with E-state index in [0.717, 1.165) is 77.0 Å². The van der Waals surface area contributed by atoms with Gasteiger partial charge >= 0.3 is 11.9 Å². The van der Waals surface area contributed by atoms with E-state index in [-0.39, 0.29) is 70.5 Å². The monoisotopic (exact) mass is 661 g/mol. The second-order valence-corrected chi connectivity index (χ2v) is 16.5. The number of amides is 1. The van der Waals surface area contributed by atoms with E-state index in [1.807, 2.05) is 0 Å². The average Bonchev–Trinajstić information content (AvgIpc) is 3.40. The molecule has 6 aliphatic rings. The van der Waals surface area contributed by atoms with E-state index < -0.39 is 11.6 Å². The Labute approximate surface area is 280 Å². The van der Waals surface area contributed by atoms with Gasteiger partial charge in [0.25, 0.3) is 0 Å². The van der Waals surface area contributed by atoms with Crippen molar-refractivity contribution in [2.75, 3.05) is 6.54 Å². The maximum atomic E-state index is 12.7. The first-order valence-electron chi connectivity index (χ1n) is 18.7. The van der Waals surface area contributed by atoms with E-state index in [1.54, 1.807) is 0 Å². The molecule has 1 heterocycles. The molecule has 266 valence electrons. The van der Waals surface area contributed by atoms with Gasteiger partial charge in [0.05, 0.1) is 0 Å². The third kappa shape index (κ3) is 6.50. The first-order valence-corrected chi connectivity index (χ1v) is 18.7. The second-order valence-electron chi connectivity index (χ2n) is 16.5. The number of carbonyl (C=O) groups is 3. The zero-order valence-corrected chi connectivity index (χ0v) is 29.6. The molecule has 0 bridgehead atoms. The van der Waals surface area contributed by atoms with Gasteiger partial charge in [-0.05, 0) is 92.8 Å². The Balaban J connectivity index is 1.25. The molecule has 10 atom stereocenters. The number of nitrogens with one attached hydrogen (secondary N) is 1. The topological polar surface area (TPSA) is 119 Å². The third-order valence-corrected chi connectivity index (χ3v) is 13.8. The largest absolute Gasteiger partial charge is 0.462 e. The Morgan fingerprint density at radius 1 is 0.851 bits per heavy atom. The van der Waals surface area contributed by atoms with Crippen LogP contribution in [-0.2, 0) is 43.4 Å². The van der Waals surface area contributed by atoms with Crippen LogP contribution >= 0.6 is 0 Å². The van der Waals surface area contributed by atoms with E-state index in [4.69, 9.17) is 29.0 Å². The lowest BCUT2D eigenvalue weighted by Gasteiger charge is -2.65. The standard InChI is InChI=1S/C37H59NO9/c1-7-19-38-32(41)14-11-23(2)27-12-13-28-33-29(21-31(35(27,28)6)43-25(4)40)34(5)17-18-37(22-26(34)20-30(33)42-24(3)39)46-44-36(45-47-37)15-9-8-10-16-36/h23,26-31,33H,7-22H2,1-6H3,(H,38,41)/t23?,26-,27-,28?,29?,30?,31+,33?,34+,35-/m1/s1. The minimum atomic E-state index is -0.990. The van der Waals surface area contributed by atoms with Gasteiger partial charge in [0, 0.05) is 63.8 Å². The van der Waals surface area contributed by atoms with Crippen molar-refractivity contribution in [2.24, 2.45) is 46.3 Å². The van der Waals surface area contributed by atoms with Gasteiger partial charge in [0.1, 0.15) is 12.2 Å². The molecule has 0 aromatic heterocycles. The number of rotatable bonds is 8. The van der Waals surface area contributed by atoms with Crippen molar-refractivity contribution in [3.63, 3.8) is 0 Å². The summed E-state index contributed by atoms with van der Waals surface area (Å²) in [6.07, 6.45) is 11.9. The molecule has 1 aliphatic heterocycles. The summed E-state index contributed by atoms with van der Waals surface area (Å²) in [5.41, 5.74) is -0.380. The van der Waals surface area contributed by atoms with Gasteiger partial charge in [-0.2, -0.15) is 19.6 Å². The van der Waals surface area contributed by atoms with Crippen molar-refractivity contribution in [1.82, 2.24) is 5.32 Å². The molecule has 5 aliphatic carbocycles. The summed E-state index contributed by atoms with van der Waals surface area (Å²) >= 11 is 0. The van der Waals surface area contributed by atoms with Crippen LogP contribution in [0, 0.1) is 46.3 Å². The fourth-order valence-electron chi connectivity index (χ4n) is 11.4. The molecule has 1 N–H and O–H groups in total. The van der Waals surface area contributed by atoms with Crippen LogP contribution in [0.2, 0.25) is 0 Å². The molecule has 1 saturated heterocycles. The Morgan fingerprint density at radius 3 is 2.19 bits per heavy atom. The number of carbonyl (C=O) groups excluding carboxylic acids is 3. The summed E-state index contributed by atoms with van der Waals surface area (Å²) in [5.74, 6) is -0.935. The van der Waals surface area contributed by atoms with Gasteiger partial charge in [-0.1, -0.05) is 34.1 Å². The lowest BCUT2D eigenvalue weighted by molar-refractivity contribution is -0.665. The molecule has 6 rings (SSSR count). The van der Waals surface area contributed by atoms with Crippen molar-refractivity contribution in [3.8, 4) is 0 Å². The number of hydrogen-bond donors (Lipinski definition) is 1. The van der Waals surface area contributed by atoms with Crippen LogP contribution in [0.5, 0.6) is 0 Å². The van der Waals surface area contributed by atoms with Gasteiger partial charge in [-0.25, -0.2) is 0 Å². The highest BCUT2D eigenvalue weighted by molar-refractivity contribution is 5.75. The maximum Gasteiger partial charge on any atom is 0.302 e. The number of ether oxygens (including phenoxy) is 2. The number of esters is 2. The van der Waals surface area contributed by atoms with Gasteiger partial charge in [-0.3, -0.25) is 14.4 Å². The summed E-state index contributed by atoms with van der Waals surface area (Å²) in [6, 6.07) is 0. The quantitative estimate of drug-likeness (QED) is 0.218. The summed E-state index contributed by atoms with van der Waals surface area (Å²) in [7, 11) is 0. The van der Waals surface area contributed by atoms with Crippen molar-refractivity contribution in [1.29, 1.82) is 0 Å². The normalized spacial score (nSPS) is 40.9. The van der Waals surface area contributed by atoms with E-state index in [2.05, 4.69) is 33.0 Å². The van der Waals surface area contributed by atoms with Gasteiger partial charge in [-0.15, -0.1) is 0 Å². The predicted octanol–water partition coefficient (Wildman–Crippen LogP) is 6.94. The fraction of sp³-hybridized carbons (Fsp3) is 0.919. The van der Waals surface area contributed by atoms with E-state index in [1.165, 1.54) is 13.8 Å². The van der Waals surface area contributed by atoms with Crippen LogP contribution in [0.25, 0.3) is 0 Å². The second kappa shape index (κ2) is 13.5. The third-order valence-electron chi connectivity index (χ3n) is 13.8. The molecule has 0 radical (unpaired) electrons. The van der Waals surface area contributed by atoms with Crippen LogP contribution in [0.15, 0.2) is 0 Å². The highest BCUT2D eigenvalue weighted by atomic mass is 17.4. The van der Waals surface area contributed by atoms with Crippen molar-refractivity contribution >= 4 is 17.8 Å². The van der Waals surface area contributed by atoms with Crippen molar-refractivity contribution in [2.45, 2.75) is 162 Å². The molecule has 10 nitrogen and oxygen atoms in total. The fourth-order valence-corrected chi connectivity index (χ4v) is 11.4. The van der Waals surface area contributed by atoms with Crippen molar-refractivity contribution in [3.05, 3.63) is 0 Å². The highest BCUT2D eigenvalue weighted by Gasteiger charge is 2.69. The zero-order valence-electron chi connectivity index (χ0n) is 29.6. The van der Waals surface area contributed by atoms with Gasteiger partial charge in [0.15, 0.2) is 0 Å². The molecule has 0 aromatic rings. The molecule has 2 spiro atoms. The van der Waals surface area contributed by atoms with E-state index >= 15 is 0 Å². The van der Waals surface area contributed by atoms with E-state index in [0.29, 0.717) is 31.7 Å². The highest BCUT2D eigenvalue weighted by Crippen LogP contribution is 2.70. The van der Waals surface area contributed by atoms with Gasteiger partial charge in [0.2, 0.25) is 17.5 Å². The minimum Gasteiger partial charge on any atom is -0.462 e. The smallest absolute Gasteiger partial charge is 0.302 e. The molecule has 0 aromatic carbocycles. The Hall–Kier alpha value is -1.75. The first-order chi connectivity index (χ1) is 22.3. The lowest BCUT2D eigenvalue weighted by Crippen LogP contribution is -2.65. The van der Waals surface area contributed by atoms with Crippen LogP contribution < -0.4 is 5.32 Å². The minimum absolute atomic E-state index is 0.0972. The Bertz CT molecular complexity index is 1160. The summed E-state index contributed by atoms with van der Waals surface area (Å²) < 4.78 is 12.6. The number of hydrogen-bond acceptors (Lipinski definition) is 9. The Kier molecular flexibility index (Phi) is 10.1. The van der Waals surface area contributed by atoms with Crippen molar-refractivity contribution < 1.29 is 43.4 Å². The van der Waals surface area contributed by atoms with Crippen LogP contribution in [0.3, 0.4) is 0 Å². The van der Waals surface area contributed by atoms with Gasteiger partial charge < -0.3 is 14.8 Å². The zero-order chi connectivity index (χ0) is 33.6. The molecule has 5 unspecified atom stereocenters. The van der Waals surface area contributed by atoms with E-state index in [9.17, 15) is 14.4 Å². The predicted molar refractivity (Wildman–Crippen MR) is 172 cm³/mol. The SMILES string of the molecule is CCCNC(=O)CCC(C)[C@H]1CCC2C3C(OC(C)=O)C[C@@H]4CC5(CC[C@]4(C)C3C[C@H](OC(C)=O)[C@@]21C)OOC1(CCCCC1)OO5. The van der Waals surface area contributed by atoms with Crippen LogP contribution in [-0.4, -0.2) is 48.2 Å². The lowest BCUT2D eigenvalue weighted by atomic mass is 9.42. The summed E-state index contributed by atoms with van der Waals surface area (Å²) in [5, 5.41) is 3.02. The van der Waals surface area contributed by atoms with Crippen LogP contribution in [0.4, 0.5) is 0 Å². The molecular formula is C37H59NO9. The maximum absolute atomic E-state index is 12.7. The van der Waals surface area contributed by atoms with Crippen LogP contribution in [0.1, 0.15) is 138 Å². The molecule has 1 amide bonds. The number of fused-ring (bicyclic) bond motifs is 5. The molecule has 47 heavy (non-hydrogen) atoms. The average molecular weight is 662 g/mol. The molecule has 5 saturated carbocycles. The Morgan fingerprint density at radius 2 is 1.53 bits per heavy atom.